The average Bonchev–Trinajstić information content (AvgIpc) is 1.57. The Labute approximate surface area is 76.1 Å². The molecule has 0 rings (SSSR count). The largest absolute Gasteiger partial charge is 0.388 e. The lowest BCUT2D eigenvalue weighted by molar-refractivity contribution is -0.130. The molecule has 0 aromatic heterocycles. The standard InChI is InChI=1S/C3H4Cl3F3Si.FH/c4-10(5,6)2-1-3(7,8)9;/h1-2H2;1H. The molecule has 0 heterocycles. The molecule has 0 atom stereocenters. The van der Waals surface area contributed by atoms with E-state index in [9.17, 15) is 13.2 Å². The number of rotatable bonds is 2. The Bertz CT molecular complexity index is 94.1. The summed E-state index contributed by atoms with van der Waals surface area (Å²) in [4.78, 5) is 0. The summed E-state index contributed by atoms with van der Waals surface area (Å²) < 4.78 is 34.3. The summed E-state index contributed by atoms with van der Waals surface area (Å²) in [5.41, 5.74) is 0. The zero-order valence-corrected chi connectivity index (χ0v) is 8.36. The van der Waals surface area contributed by atoms with Crippen LogP contribution in [-0.2, 0) is 0 Å². The van der Waals surface area contributed by atoms with E-state index >= 15 is 0 Å². The highest BCUT2D eigenvalue weighted by molar-refractivity contribution is 7.64. The first-order valence-electron chi connectivity index (χ1n) is 2.34. The molecule has 8 heteroatoms. The lowest BCUT2D eigenvalue weighted by Crippen LogP contribution is -2.15. The van der Waals surface area contributed by atoms with E-state index in [0.29, 0.717) is 0 Å². The molecular formula is C3H5Cl3F4Si. The van der Waals surface area contributed by atoms with E-state index < -0.39 is 18.6 Å². The quantitative estimate of drug-likeness (QED) is 0.398. The summed E-state index contributed by atoms with van der Waals surface area (Å²) in [6.45, 7) is 0. The van der Waals surface area contributed by atoms with Crippen LogP contribution in [0.25, 0.3) is 0 Å². The van der Waals surface area contributed by atoms with Gasteiger partial charge >= 0.3 is 12.2 Å². The van der Waals surface area contributed by atoms with E-state index in [2.05, 4.69) is 0 Å². The SMILES string of the molecule is F.FC(F)(F)CC[Si](Cl)(Cl)Cl. The summed E-state index contributed by atoms with van der Waals surface area (Å²) in [5, 5.41) is 0. The predicted octanol–water partition coefficient (Wildman–Crippen LogP) is 3.75. The van der Waals surface area contributed by atoms with E-state index in [0.717, 1.165) is 0 Å². The Morgan fingerprint density at radius 2 is 1.45 bits per heavy atom. The van der Waals surface area contributed by atoms with Crippen LogP contribution >= 0.6 is 33.2 Å². The maximum absolute atomic E-state index is 11.4. The van der Waals surface area contributed by atoms with Crippen molar-refractivity contribution in [3.63, 3.8) is 0 Å². The lowest BCUT2D eigenvalue weighted by atomic mass is 10.5. The number of hydrogen-bond donors (Lipinski definition) is 0. The van der Waals surface area contributed by atoms with Crippen molar-refractivity contribution in [3.8, 4) is 0 Å². The minimum absolute atomic E-state index is 0. The Morgan fingerprint density at radius 3 is 1.55 bits per heavy atom. The molecule has 0 unspecified atom stereocenters. The number of alkyl halides is 3. The molecule has 0 radical (unpaired) electrons. The molecule has 0 aliphatic carbocycles. The third kappa shape index (κ3) is 13.8. The van der Waals surface area contributed by atoms with Crippen LogP contribution in [-0.4, -0.2) is 12.2 Å². The molecule has 0 nitrogen and oxygen atoms in total. The fourth-order valence-corrected chi connectivity index (χ4v) is 1.70. The van der Waals surface area contributed by atoms with Crippen molar-refractivity contribution in [1.82, 2.24) is 0 Å². The molecular weight excluding hydrogens is 246 g/mol. The molecule has 0 N–H and O–H groups in total. The van der Waals surface area contributed by atoms with E-state index in [1.807, 2.05) is 0 Å². The van der Waals surface area contributed by atoms with E-state index in [1.54, 1.807) is 0 Å². The topological polar surface area (TPSA) is 0 Å². The molecule has 0 aliphatic rings. The van der Waals surface area contributed by atoms with Crippen molar-refractivity contribution in [2.75, 3.05) is 0 Å². The highest BCUT2D eigenvalue weighted by Crippen LogP contribution is 2.32. The predicted molar refractivity (Wildman–Crippen MR) is 41.3 cm³/mol. The molecule has 0 bridgehead atoms. The van der Waals surface area contributed by atoms with Gasteiger partial charge in [0, 0.05) is 6.42 Å². The van der Waals surface area contributed by atoms with Gasteiger partial charge in [-0.15, -0.1) is 33.2 Å². The molecule has 70 valence electrons. The number of halogens is 7. The average molecular weight is 252 g/mol. The van der Waals surface area contributed by atoms with Crippen molar-refractivity contribution in [2.45, 2.75) is 18.6 Å². The van der Waals surface area contributed by atoms with Gasteiger partial charge in [0.2, 0.25) is 0 Å². The van der Waals surface area contributed by atoms with Gasteiger partial charge in [-0.1, -0.05) is 0 Å². The minimum Gasteiger partial charge on any atom is -0.269 e. The Morgan fingerprint density at radius 1 is 1.09 bits per heavy atom. The van der Waals surface area contributed by atoms with E-state index in [4.69, 9.17) is 33.2 Å². The van der Waals surface area contributed by atoms with Gasteiger partial charge in [0.05, 0.1) is 0 Å². The van der Waals surface area contributed by atoms with Crippen molar-refractivity contribution >= 4 is 39.2 Å². The molecule has 11 heavy (non-hydrogen) atoms. The molecule has 0 saturated heterocycles. The van der Waals surface area contributed by atoms with Crippen LogP contribution in [0.15, 0.2) is 0 Å². The van der Waals surface area contributed by atoms with Crippen molar-refractivity contribution in [2.24, 2.45) is 0 Å². The van der Waals surface area contributed by atoms with Crippen molar-refractivity contribution < 1.29 is 17.9 Å². The molecule has 0 amide bonds. The fraction of sp³-hybridized carbons (Fsp3) is 1.00. The van der Waals surface area contributed by atoms with Crippen molar-refractivity contribution in [3.05, 3.63) is 0 Å². The molecule has 0 aliphatic heterocycles. The second-order valence-corrected chi connectivity index (χ2v) is 11.0. The normalized spacial score (nSPS) is 12.5. The zero-order chi connectivity index (χ0) is 8.41. The Hall–Kier alpha value is 0.807. The summed E-state index contributed by atoms with van der Waals surface area (Å²) in [5.74, 6) is 0. The smallest absolute Gasteiger partial charge is 0.269 e. The fourth-order valence-electron chi connectivity index (χ4n) is 0.283. The monoisotopic (exact) mass is 250 g/mol. The van der Waals surface area contributed by atoms with Gasteiger partial charge in [-0.05, 0) is 6.04 Å². The Kier molecular flexibility index (Phi) is 6.18. The first-order valence-corrected chi connectivity index (χ1v) is 7.58. The summed E-state index contributed by atoms with van der Waals surface area (Å²) in [6, 6.07) is -3.43. The molecule has 0 saturated carbocycles. The number of hydrogen-bond acceptors (Lipinski definition) is 0. The van der Waals surface area contributed by atoms with Crippen LogP contribution in [0.5, 0.6) is 0 Å². The van der Waals surface area contributed by atoms with Crippen molar-refractivity contribution in [1.29, 1.82) is 0 Å². The van der Waals surface area contributed by atoms with Gasteiger partial charge in [-0.25, -0.2) is 0 Å². The van der Waals surface area contributed by atoms with Gasteiger partial charge in [-0.3, -0.25) is 4.70 Å². The molecule has 0 aromatic rings. The minimum atomic E-state index is -4.21. The van der Waals surface area contributed by atoms with Gasteiger partial charge in [-0.2, -0.15) is 13.2 Å². The van der Waals surface area contributed by atoms with E-state index in [-0.39, 0.29) is 10.7 Å². The van der Waals surface area contributed by atoms with Crippen LogP contribution in [0.3, 0.4) is 0 Å². The highest BCUT2D eigenvalue weighted by atomic mass is 35.8. The Balaban J connectivity index is 0. The van der Waals surface area contributed by atoms with Gasteiger partial charge in [0.25, 0.3) is 0 Å². The third-order valence-corrected chi connectivity index (χ3v) is 3.21. The maximum Gasteiger partial charge on any atom is 0.388 e. The molecule has 0 aromatic carbocycles. The maximum atomic E-state index is 11.4. The second-order valence-electron chi connectivity index (χ2n) is 1.73. The first kappa shape index (κ1) is 14.3. The lowest BCUT2D eigenvalue weighted by Gasteiger charge is -2.09. The van der Waals surface area contributed by atoms with Crippen LogP contribution < -0.4 is 0 Å². The van der Waals surface area contributed by atoms with Crippen LogP contribution in [0.1, 0.15) is 6.42 Å². The van der Waals surface area contributed by atoms with Gasteiger partial charge in [0.15, 0.2) is 0 Å². The van der Waals surface area contributed by atoms with Crippen LogP contribution in [0, 0.1) is 0 Å². The van der Waals surface area contributed by atoms with Crippen LogP contribution in [0.2, 0.25) is 6.04 Å². The van der Waals surface area contributed by atoms with Crippen LogP contribution in [0.4, 0.5) is 17.9 Å². The third-order valence-electron chi connectivity index (χ3n) is 0.692. The second kappa shape index (κ2) is 4.74. The van der Waals surface area contributed by atoms with E-state index in [1.165, 1.54) is 0 Å². The highest BCUT2D eigenvalue weighted by Gasteiger charge is 2.34. The van der Waals surface area contributed by atoms with Gasteiger partial charge in [0.1, 0.15) is 0 Å². The summed E-state index contributed by atoms with van der Waals surface area (Å²) in [6.07, 6.45) is -5.22. The zero-order valence-electron chi connectivity index (χ0n) is 5.09. The molecule has 0 fully saturated rings. The molecule has 0 spiro atoms. The first-order chi connectivity index (χ1) is 4.21. The summed E-state index contributed by atoms with van der Waals surface area (Å²) >= 11 is 15.6. The summed E-state index contributed by atoms with van der Waals surface area (Å²) in [7, 11) is 0. The van der Waals surface area contributed by atoms with Gasteiger partial charge < -0.3 is 0 Å².